The number of thiazole rings is 1. The lowest BCUT2D eigenvalue weighted by Gasteiger charge is -2.25. The van der Waals surface area contributed by atoms with Crippen molar-refractivity contribution in [1.29, 1.82) is 0 Å². The van der Waals surface area contributed by atoms with Crippen molar-refractivity contribution < 1.29 is 4.79 Å². The van der Waals surface area contributed by atoms with Crippen molar-refractivity contribution in [2.75, 3.05) is 23.3 Å². The van der Waals surface area contributed by atoms with Crippen molar-refractivity contribution in [3.63, 3.8) is 0 Å². The number of benzene rings is 1. The number of fused-ring (bicyclic) bond motifs is 1. The third-order valence-corrected chi connectivity index (χ3v) is 6.46. The molecule has 2 aromatic heterocycles. The zero-order valence-electron chi connectivity index (χ0n) is 17.3. The summed E-state index contributed by atoms with van der Waals surface area (Å²) in [6.07, 6.45) is 8.30. The quantitative estimate of drug-likeness (QED) is 0.622. The second-order valence-corrected chi connectivity index (χ2v) is 8.70. The number of nitrogens with zero attached hydrogens (tertiary/aromatic N) is 4. The van der Waals surface area contributed by atoms with Crippen LogP contribution in [0.25, 0.3) is 10.3 Å². The molecule has 0 bridgehead atoms. The van der Waals surface area contributed by atoms with Gasteiger partial charge in [0.05, 0.1) is 0 Å². The van der Waals surface area contributed by atoms with E-state index in [0.717, 1.165) is 56.0 Å². The molecule has 1 fully saturated rings. The number of aromatic nitrogens is 3. The van der Waals surface area contributed by atoms with Crippen LogP contribution >= 0.6 is 11.3 Å². The highest BCUT2D eigenvalue weighted by molar-refractivity contribution is 7.22. The third-order valence-electron chi connectivity index (χ3n) is 5.37. The monoisotopic (exact) mass is 425 g/mol. The van der Waals surface area contributed by atoms with Crippen molar-refractivity contribution in [2.45, 2.75) is 52.0 Å². The highest BCUT2D eigenvalue weighted by Gasteiger charge is 2.18. The smallest absolute Gasteiger partial charge is 0.273 e. The Balaban J connectivity index is 1.44. The Morgan fingerprint density at radius 2 is 1.93 bits per heavy atom. The van der Waals surface area contributed by atoms with Crippen LogP contribution in [-0.2, 0) is 17.8 Å². The fourth-order valence-electron chi connectivity index (χ4n) is 3.66. The maximum absolute atomic E-state index is 12.9. The van der Waals surface area contributed by atoms with Crippen LogP contribution in [0.15, 0.2) is 35.4 Å². The van der Waals surface area contributed by atoms with Gasteiger partial charge in [0.2, 0.25) is 5.91 Å². The van der Waals surface area contributed by atoms with Gasteiger partial charge >= 0.3 is 0 Å². The van der Waals surface area contributed by atoms with Crippen LogP contribution in [0, 0.1) is 0 Å². The largest absolute Gasteiger partial charge is 0.348 e. The minimum Gasteiger partial charge on any atom is -0.348 e. The lowest BCUT2D eigenvalue weighted by molar-refractivity contribution is -0.116. The molecule has 0 spiro atoms. The molecule has 0 atom stereocenters. The molecule has 30 heavy (non-hydrogen) atoms. The summed E-state index contributed by atoms with van der Waals surface area (Å²) in [6, 6.07) is 7.87. The van der Waals surface area contributed by atoms with Gasteiger partial charge in [0.25, 0.3) is 5.56 Å². The number of carbonyl (C=O) groups excluding carboxylic acids is 1. The van der Waals surface area contributed by atoms with E-state index >= 15 is 0 Å². The summed E-state index contributed by atoms with van der Waals surface area (Å²) in [5, 5.41) is 3.71. The van der Waals surface area contributed by atoms with E-state index in [1.807, 2.05) is 24.3 Å². The number of carbonyl (C=O) groups is 1. The number of nitrogens with one attached hydrogen (secondary N) is 1. The van der Waals surface area contributed by atoms with Gasteiger partial charge < -0.3 is 10.2 Å². The molecule has 1 aliphatic heterocycles. The summed E-state index contributed by atoms with van der Waals surface area (Å²) in [5.74, 6) is -0.250. The van der Waals surface area contributed by atoms with Crippen molar-refractivity contribution in [2.24, 2.45) is 0 Å². The van der Waals surface area contributed by atoms with E-state index in [9.17, 15) is 9.59 Å². The molecule has 0 radical (unpaired) electrons. The highest BCUT2D eigenvalue weighted by atomic mass is 32.1. The van der Waals surface area contributed by atoms with E-state index < -0.39 is 0 Å². The van der Waals surface area contributed by atoms with E-state index in [4.69, 9.17) is 0 Å². The second kappa shape index (κ2) is 9.38. The maximum atomic E-state index is 12.9. The van der Waals surface area contributed by atoms with Crippen LogP contribution in [0.5, 0.6) is 0 Å². The summed E-state index contributed by atoms with van der Waals surface area (Å²) in [4.78, 5) is 36.4. The average molecular weight is 426 g/mol. The lowest BCUT2D eigenvalue weighted by Crippen LogP contribution is -2.29. The molecule has 4 rings (SSSR count). The Kier molecular flexibility index (Phi) is 6.42. The van der Waals surface area contributed by atoms with Crippen LogP contribution < -0.4 is 15.8 Å². The molecular weight excluding hydrogens is 398 g/mol. The maximum Gasteiger partial charge on any atom is 0.273 e. The predicted octanol–water partition coefficient (Wildman–Crippen LogP) is 3.82. The number of aryl methyl sites for hydroxylation is 1. The van der Waals surface area contributed by atoms with Crippen LogP contribution in [0.1, 0.15) is 44.6 Å². The van der Waals surface area contributed by atoms with Gasteiger partial charge in [-0.15, -0.1) is 0 Å². The third kappa shape index (κ3) is 4.70. The lowest BCUT2D eigenvalue weighted by atomic mass is 10.1. The van der Waals surface area contributed by atoms with Crippen molar-refractivity contribution in [1.82, 2.24) is 14.5 Å². The van der Waals surface area contributed by atoms with Gasteiger partial charge in [0, 0.05) is 18.8 Å². The first-order valence-electron chi connectivity index (χ1n) is 10.6. The van der Waals surface area contributed by atoms with Crippen molar-refractivity contribution in [3.8, 4) is 0 Å². The van der Waals surface area contributed by atoms with Crippen molar-refractivity contribution >= 4 is 38.4 Å². The van der Waals surface area contributed by atoms with Crippen LogP contribution in [-0.4, -0.2) is 33.5 Å². The number of rotatable bonds is 7. The molecule has 3 aromatic rings. The van der Waals surface area contributed by atoms with E-state index in [1.54, 1.807) is 0 Å². The van der Waals surface area contributed by atoms with Gasteiger partial charge in [-0.3, -0.25) is 14.2 Å². The number of piperidine rings is 1. The van der Waals surface area contributed by atoms with Gasteiger partial charge in [-0.25, -0.2) is 4.98 Å². The molecule has 1 amide bonds. The predicted molar refractivity (Wildman–Crippen MR) is 121 cm³/mol. The summed E-state index contributed by atoms with van der Waals surface area (Å²) in [7, 11) is 0. The molecular formula is C22H27N5O2S. The number of hydrogen-bond donors (Lipinski definition) is 1. The molecule has 1 N–H and O–H groups in total. The van der Waals surface area contributed by atoms with E-state index in [-0.39, 0.29) is 18.0 Å². The van der Waals surface area contributed by atoms with E-state index in [2.05, 4.69) is 27.1 Å². The standard InChI is InChI=1S/C22H27N5O2S/c1-2-3-7-16-8-10-17(11-9-16)24-18(28)14-27-15-23-20-19(21(27)29)30-22(25-20)26-12-5-4-6-13-26/h8-11,15H,2-7,12-14H2,1H3,(H,24,28). The fraction of sp³-hybridized carbons (Fsp3) is 0.455. The Labute approximate surface area is 179 Å². The van der Waals surface area contributed by atoms with Crippen molar-refractivity contribution in [3.05, 3.63) is 46.5 Å². The number of amides is 1. The summed E-state index contributed by atoms with van der Waals surface area (Å²) >= 11 is 1.37. The summed E-state index contributed by atoms with van der Waals surface area (Å²) in [5.41, 5.74) is 2.23. The average Bonchev–Trinajstić information content (AvgIpc) is 3.21. The topological polar surface area (TPSA) is 80.1 Å². The first-order chi connectivity index (χ1) is 14.6. The zero-order chi connectivity index (χ0) is 20.9. The molecule has 0 saturated carbocycles. The Morgan fingerprint density at radius 1 is 1.17 bits per heavy atom. The molecule has 1 aliphatic rings. The molecule has 0 unspecified atom stereocenters. The summed E-state index contributed by atoms with van der Waals surface area (Å²) < 4.78 is 1.86. The molecule has 8 heteroatoms. The summed E-state index contributed by atoms with van der Waals surface area (Å²) in [6.45, 7) is 4.03. The normalized spacial score (nSPS) is 14.2. The second-order valence-electron chi connectivity index (χ2n) is 7.72. The Hall–Kier alpha value is -2.74. The highest BCUT2D eigenvalue weighted by Crippen LogP contribution is 2.27. The van der Waals surface area contributed by atoms with Crippen LogP contribution in [0.3, 0.4) is 0 Å². The van der Waals surface area contributed by atoms with Gasteiger partial charge in [-0.05, 0) is 49.8 Å². The van der Waals surface area contributed by atoms with Crippen LogP contribution in [0.4, 0.5) is 10.8 Å². The Bertz CT molecular complexity index is 1070. The molecule has 158 valence electrons. The van der Waals surface area contributed by atoms with Gasteiger partial charge in [-0.2, -0.15) is 4.98 Å². The van der Waals surface area contributed by atoms with Gasteiger partial charge in [0.15, 0.2) is 10.8 Å². The SMILES string of the molecule is CCCCc1ccc(NC(=O)Cn2cnc3nc(N4CCCCC4)sc3c2=O)cc1. The Morgan fingerprint density at radius 3 is 2.67 bits per heavy atom. The zero-order valence-corrected chi connectivity index (χ0v) is 18.1. The first-order valence-corrected chi connectivity index (χ1v) is 11.5. The van der Waals surface area contributed by atoms with E-state index in [1.165, 1.54) is 34.2 Å². The minimum absolute atomic E-state index is 0.0731. The van der Waals surface area contributed by atoms with Gasteiger partial charge in [0.1, 0.15) is 17.6 Å². The number of anilines is 2. The molecule has 7 nitrogen and oxygen atoms in total. The number of unbranched alkanes of at least 4 members (excludes halogenated alkanes) is 1. The number of hydrogen-bond acceptors (Lipinski definition) is 6. The van der Waals surface area contributed by atoms with Gasteiger partial charge in [-0.1, -0.05) is 36.8 Å². The fourth-order valence-corrected chi connectivity index (χ4v) is 4.68. The molecule has 1 aromatic carbocycles. The van der Waals surface area contributed by atoms with Crippen LogP contribution in [0.2, 0.25) is 0 Å². The molecule has 1 saturated heterocycles. The minimum atomic E-state index is -0.250. The van der Waals surface area contributed by atoms with E-state index in [0.29, 0.717) is 10.3 Å². The molecule has 3 heterocycles. The first kappa shape index (κ1) is 20.5. The molecule has 0 aliphatic carbocycles.